The predicted octanol–water partition coefficient (Wildman–Crippen LogP) is 5.55. The standard InChI is InChI=1S/C25H27F3N6O3S/c1-7-9-34(14(3)4)15(5)10-18(29-8-2)22(36)32-16(6)24-31-13-20(38-24)23(37)33-21-11-17(25(26,27)28)19(35)12-30-21/h7-13,16,35H,3,5H2,1-2,4,6H3,(H,32,36)(H,30,33,37)/b9-7-,18-10-,29-8?/t16-/m1/s1. The van der Waals surface area contributed by atoms with Gasteiger partial charge in [-0.05, 0) is 39.8 Å². The minimum absolute atomic E-state index is 0.0729. The summed E-state index contributed by atoms with van der Waals surface area (Å²) in [6.45, 7) is 14.8. The van der Waals surface area contributed by atoms with Crippen LogP contribution in [0, 0.1) is 0 Å². The smallest absolute Gasteiger partial charge is 0.420 e. The molecular weight excluding hydrogens is 521 g/mol. The number of aromatic hydroxyl groups is 1. The number of rotatable bonds is 10. The maximum Gasteiger partial charge on any atom is 0.420 e. The van der Waals surface area contributed by atoms with Gasteiger partial charge in [-0.2, -0.15) is 13.2 Å². The first-order valence-corrected chi connectivity index (χ1v) is 11.9. The normalized spacial score (nSPS) is 13.0. The lowest BCUT2D eigenvalue weighted by atomic mass is 10.2. The van der Waals surface area contributed by atoms with Gasteiger partial charge in [0, 0.05) is 23.8 Å². The van der Waals surface area contributed by atoms with E-state index in [0.717, 1.165) is 11.3 Å². The number of amides is 2. The van der Waals surface area contributed by atoms with E-state index in [-0.39, 0.29) is 10.6 Å². The minimum Gasteiger partial charge on any atom is -0.506 e. The summed E-state index contributed by atoms with van der Waals surface area (Å²) < 4.78 is 39.0. The second-order valence-corrected chi connectivity index (χ2v) is 8.85. The number of anilines is 1. The van der Waals surface area contributed by atoms with Crippen LogP contribution in [0.2, 0.25) is 0 Å². The van der Waals surface area contributed by atoms with Crippen LogP contribution in [-0.2, 0) is 11.0 Å². The molecule has 2 rings (SSSR count). The third-order valence-corrected chi connectivity index (χ3v) is 5.90. The molecule has 9 nitrogen and oxygen atoms in total. The van der Waals surface area contributed by atoms with Gasteiger partial charge in [0.2, 0.25) is 0 Å². The summed E-state index contributed by atoms with van der Waals surface area (Å²) in [7, 11) is 0. The molecule has 13 heteroatoms. The Morgan fingerprint density at radius 1 is 1.24 bits per heavy atom. The number of nitrogens with zero attached hydrogens (tertiary/aromatic N) is 4. The van der Waals surface area contributed by atoms with Gasteiger partial charge in [0.05, 0.1) is 18.4 Å². The van der Waals surface area contributed by atoms with Crippen molar-refractivity contribution in [3.05, 3.63) is 82.5 Å². The molecule has 3 N–H and O–H groups in total. The molecular formula is C25H27F3N6O3S. The zero-order valence-electron chi connectivity index (χ0n) is 21.1. The Bertz CT molecular complexity index is 1310. The van der Waals surface area contributed by atoms with Crippen molar-refractivity contribution >= 4 is 35.2 Å². The Kier molecular flexibility index (Phi) is 10.1. The summed E-state index contributed by atoms with van der Waals surface area (Å²) in [4.78, 5) is 39.1. The Balaban J connectivity index is 2.16. The SMILES string of the molecule is C=C(C)N(/C=C\C)C(=C)/C=C(\N=CC)C(=O)N[C@H](C)c1ncc(C(=O)Nc2cc(C(F)(F)F)c(O)cn2)s1. The predicted molar refractivity (Wildman–Crippen MR) is 140 cm³/mol. The van der Waals surface area contributed by atoms with Crippen molar-refractivity contribution in [1.82, 2.24) is 20.2 Å². The monoisotopic (exact) mass is 548 g/mol. The zero-order valence-corrected chi connectivity index (χ0v) is 21.9. The fourth-order valence-electron chi connectivity index (χ4n) is 2.99. The van der Waals surface area contributed by atoms with E-state index in [4.69, 9.17) is 0 Å². The van der Waals surface area contributed by atoms with Gasteiger partial charge in [-0.25, -0.2) is 9.97 Å². The quantitative estimate of drug-likeness (QED) is 0.203. The molecule has 0 aliphatic carbocycles. The molecule has 1 atom stereocenters. The number of aromatic nitrogens is 2. The minimum atomic E-state index is -4.82. The Hall–Kier alpha value is -4.26. The molecule has 0 spiro atoms. The van der Waals surface area contributed by atoms with Crippen molar-refractivity contribution in [2.24, 2.45) is 4.99 Å². The first-order chi connectivity index (χ1) is 17.8. The van der Waals surface area contributed by atoms with E-state index in [0.29, 0.717) is 28.7 Å². The number of pyridine rings is 1. The molecule has 0 bridgehead atoms. The van der Waals surface area contributed by atoms with E-state index in [1.807, 2.05) is 6.92 Å². The van der Waals surface area contributed by atoms with Crippen molar-refractivity contribution in [2.75, 3.05) is 5.32 Å². The lowest BCUT2D eigenvalue weighted by molar-refractivity contribution is -0.138. The third-order valence-electron chi connectivity index (χ3n) is 4.72. The van der Waals surface area contributed by atoms with Gasteiger partial charge in [0.1, 0.15) is 32.7 Å². The number of nitrogens with one attached hydrogen (secondary N) is 2. The second-order valence-electron chi connectivity index (χ2n) is 7.79. The van der Waals surface area contributed by atoms with Crippen LogP contribution in [0.15, 0.2) is 72.1 Å². The molecule has 202 valence electrons. The number of carbonyl (C=O) groups excluding carboxylic acids is 2. The Morgan fingerprint density at radius 3 is 2.50 bits per heavy atom. The van der Waals surface area contributed by atoms with Crippen LogP contribution in [0.1, 0.15) is 54.0 Å². The fraction of sp³-hybridized carbons (Fsp3) is 0.240. The highest BCUT2D eigenvalue weighted by atomic mass is 32.1. The van der Waals surface area contributed by atoms with E-state index >= 15 is 0 Å². The lowest BCUT2D eigenvalue weighted by Crippen LogP contribution is -2.28. The van der Waals surface area contributed by atoms with Gasteiger partial charge >= 0.3 is 6.18 Å². The molecule has 2 amide bonds. The van der Waals surface area contributed by atoms with Crippen LogP contribution < -0.4 is 10.6 Å². The highest BCUT2D eigenvalue weighted by Crippen LogP contribution is 2.36. The van der Waals surface area contributed by atoms with Gasteiger partial charge in [-0.3, -0.25) is 14.6 Å². The molecule has 0 saturated heterocycles. The van der Waals surface area contributed by atoms with Crippen LogP contribution in [-0.4, -0.2) is 38.0 Å². The topological polar surface area (TPSA) is 120 Å². The summed E-state index contributed by atoms with van der Waals surface area (Å²) >= 11 is 0.936. The molecule has 2 aromatic rings. The largest absolute Gasteiger partial charge is 0.506 e. The van der Waals surface area contributed by atoms with Crippen LogP contribution in [0.25, 0.3) is 0 Å². The molecule has 2 aromatic heterocycles. The Labute approximate surface area is 221 Å². The van der Waals surface area contributed by atoms with Crippen molar-refractivity contribution in [2.45, 2.75) is 39.9 Å². The van der Waals surface area contributed by atoms with Crippen LogP contribution in [0.3, 0.4) is 0 Å². The van der Waals surface area contributed by atoms with E-state index in [1.165, 1.54) is 18.5 Å². The van der Waals surface area contributed by atoms with Crippen molar-refractivity contribution in [1.29, 1.82) is 0 Å². The molecule has 38 heavy (non-hydrogen) atoms. The first kappa shape index (κ1) is 30.0. The highest BCUT2D eigenvalue weighted by molar-refractivity contribution is 7.13. The summed E-state index contributed by atoms with van der Waals surface area (Å²) in [6.07, 6.45) is 3.49. The summed E-state index contributed by atoms with van der Waals surface area (Å²) in [6, 6.07) is -0.103. The van der Waals surface area contributed by atoms with Crippen molar-refractivity contribution in [3.63, 3.8) is 0 Å². The molecule has 0 aliphatic heterocycles. The number of carbonyl (C=O) groups is 2. The number of aliphatic imine (C=N–C) groups is 1. The van der Waals surface area contributed by atoms with E-state index in [1.54, 1.807) is 37.9 Å². The average molecular weight is 549 g/mol. The summed E-state index contributed by atoms with van der Waals surface area (Å²) in [5.41, 5.74) is -0.108. The van der Waals surface area contributed by atoms with E-state index in [9.17, 15) is 27.9 Å². The number of halogens is 3. The first-order valence-electron chi connectivity index (χ1n) is 11.1. The maximum absolute atomic E-state index is 13.0. The van der Waals surface area contributed by atoms with Crippen LogP contribution in [0.5, 0.6) is 5.75 Å². The fourth-order valence-corrected chi connectivity index (χ4v) is 3.81. The molecule has 2 heterocycles. The number of thiazole rings is 1. The van der Waals surface area contributed by atoms with Gasteiger partial charge in [-0.15, -0.1) is 11.3 Å². The second kappa shape index (κ2) is 12.8. The third kappa shape index (κ3) is 7.87. The molecule has 0 saturated carbocycles. The van der Waals surface area contributed by atoms with E-state index in [2.05, 4.69) is 38.8 Å². The van der Waals surface area contributed by atoms with Gasteiger partial charge < -0.3 is 20.6 Å². The van der Waals surface area contributed by atoms with Gasteiger partial charge in [-0.1, -0.05) is 19.2 Å². The highest BCUT2D eigenvalue weighted by Gasteiger charge is 2.34. The number of hydrogen-bond acceptors (Lipinski definition) is 8. The zero-order chi connectivity index (χ0) is 28.6. The number of allylic oxidation sites excluding steroid dienone is 3. The van der Waals surface area contributed by atoms with Crippen molar-refractivity contribution in [3.8, 4) is 5.75 Å². The molecule has 0 aliphatic rings. The average Bonchev–Trinajstić information content (AvgIpc) is 3.33. The van der Waals surface area contributed by atoms with Gasteiger partial charge in [0.25, 0.3) is 11.8 Å². The van der Waals surface area contributed by atoms with E-state index < -0.39 is 41.2 Å². The van der Waals surface area contributed by atoms with Crippen LogP contribution >= 0.6 is 11.3 Å². The number of hydrogen-bond donors (Lipinski definition) is 3. The Morgan fingerprint density at radius 2 is 1.92 bits per heavy atom. The summed E-state index contributed by atoms with van der Waals surface area (Å²) in [5, 5.41) is 14.8. The van der Waals surface area contributed by atoms with Gasteiger partial charge in [0.15, 0.2) is 0 Å². The lowest BCUT2D eigenvalue weighted by Gasteiger charge is -2.21. The molecule has 0 fully saturated rings. The number of alkyl halides is 3. The molecule has 0 unspecified atom stereocenters. The maximum atomic E-state index is 13.0. The van der Waals surface area contributed by atoms with Crippen molar-refractivity contribution < 1.29 is 27.9 Å². The summed E-state index contributed by atoms with van der Waals surface area (Å²) in [5.74, 6) is -2.73. The molecule has 0 aromatic carbocycles. The molecule has 0 radical (unpaired) electrons. The van der Waals surface area contributed by atoms with Crippen LogP contribution in [0.4, 0.5) is 19.0 Å².